The number of rotatable bonds is 8. The van der Waals surface area contributed by atoms with Crippen molar-refractivity contribution in [2.75, 3.05) is 0 Å². The van der Waals surface area contributed by atoms with Crippen LogP contribution in [-0.2, 0) is 22.4 Å². The SMILES string of the molecule is CCCCCc1cnc(-c2ccc(CC(=O)C3CCC(C)CC3=O)cc2)nc1. The second-order valence-corrected chi connectivity index (χ2v) is 8.12. The maximum Gasteiger partial charge on any atom is 0.159 e. The highest BCUT2D eigenvalue weighted by Crippen LogP contribution is 2.27. The van der Waals surface area contributed by atoms with Crippen molar-refractivity contribution in [3.8, 4) is 11.4 Å². The summed E-state index contributed by atoms with van der Waals surface area (Å²) < 4.78 is 0. The molecule has 0 bridgehead atoms. The second-order valence-electron chi connectivity index (χ2n) is 8.12. The largest absolute Gasteiger partial charge is 0.299 e. The number of aryl methyl sites for hydroxylation is 1. The van der Waals surface area contributed by atoms with Gasteiger partial charge in [-0.05, 0) is 42.7 Å². The van der Waals surface area contributed by atoms with Gasteiger partial charge < -0.3 is 0 Å². The number of benzene rings is 1. The summed E-state index contributed by atoms with van der Waals surface area (Å²) in [5.74, 6) is 0.882. The molecular weight excluding hydrogens is 348 g/mol. The molecule has 1 heterocycles. The van der Waals surface area contributed by atoms with Gasteiger partial charge in [-0.25, -0.2) is 9.97 Å². The number of ketones is 2. The van der Waals surface area contributed by atoms with E-state index >= 15 is 0 Å². The summed E-state index contributed by atoms with van der Waals surface area (Å²) in [7, 11) is 0. The summed E-state index contributed by atoms with van der Waals surface area (Å²) >= 11 is 0. The molecule has 4 heteroatoms. The van der Waals surface area contributed by atoms with Crippen molar-refractivity contribution in [1.29, 1.82) is 0 Å². The van der Waals surface area contributed by atoms with Crippen LogP contribution < -0.4 is 0 Å². The number of aromatic nitrogens is 2. The lowest BCUT2D eigenvalue weighted by Crippen LogP contribution is -2.31. The second kappa shape index (κ2) is 9.72. The topological polar surface area (TPSA) is 59.9 Å². The van der Waals surface area contributed by atoms with Gasteiger partial charge in [0.2, 0.25) is 0 Å². The van der Waals surface area contributed by atoms with Crippen LogP contribution in [0.25, 0.3) is 11.4 Å². The summed E-state index contributed by atoms with van der Waals surface area (Å²) in [6.45, 7) is 4.28. The monoisotopic (exact) mass is 378 g/mol. The Hall–Kier alpha value is -2.36. The molecule has 1 aromatic heterocycles. The van der Waals surface area contributed by atoms with Crippen LogP contribution in [-0.4, -0.2) is 21.5 Å². The van der Waals surface area contributed by atoms with Crippen molar-refractivity contribution < 1.29 is 9.59 Å². The van der Waals surface area contributed by atoms with Gasteiger partial charge in [0.15, 0.2) is 5.82 Å². The van der Waals surface area contributed by atoms with E-state index in [1.807, 2.05) is 36.7 Å². The van der Waals surface area contributed by atoms with E-state index in [1.165, 1.54) is 24.8 Å². The van der Waals surface area contributed by atoms with Crippen molar-refractivity contribution in [3.05, 3.63) is 47.8 Å². The molecule has 0 N–H and O–H groups in total. The summed E-state index contributed by atoms with van der Waals surface area (Å²) in [6, 6.07) is 7.81. The van der Waals surface area contributed by atoms with E-state index in [9.17, 15) is 9.59 Å². The first kappa shape index (κ1) is 20.4. The fraction of sp³-hybridized carbons (Fsp3) is 0.500. The quantitative estimate of drug-likeness (QED) is 0.479. The molecule has 28 heavy (non-hydrogen) atoms. The van der Waals surface area contributed by atoms with E-state index in [1.54, 1.807) is 0 Å². The van der Waals surface area contributed by atoms with Gasteiger partial charge in [0.25, 0.3) is 0 Å². The standard InChI is InChI=1S/C24H30N2O2/c1-3-4-5-6-19-15-25-24(26-16-19)20-10-8-18(9-11-20)14-23(28)21-12-7-17(2)13-22(21)27/h8-11,15-17,21H,3-7,12-14H2,1-2H3. The van der Waals surface area contributed by atoms with Crippen LogP contribution in [0, 0.1) is 11.8 Å². The van der Waals surface area contributed by atoms with E-state index in [4.69, 9.17) is 0 Å². The summed E-state index contributed by atoms with van der Waals surface area (Å²) in [5, 5.41) is 0. The zero-order valence-corrected chi connectivity index (χ0v) is 17.0. The summed E-state index contributed by atoms with van der Waals surface area (Å²) in [6.07, 6.45) is 11.0. The summed E-state index contributed by atoms with van der Waals surface area (Å²) in [5.41, 5.74) is 3.06. The molecule has 148 valence electrons. The molecule has 2 atom stereocenters. The van der Waals surface area contributed by atoms with Crippen LogP contribution in [0.5, 0.6) is 0 Å². The molecule has 1 aliphatic rings. The predicted octanol–water partition coefficient (Wildman–Crippen LogP) is 4.99. The Morgan fingerprint density at radius 2 is 1.75 bits per heavy atom. The molecule has 0 saturated heterocycles. The third-order valence-corrected chi connectivity index (χ3v) is 5.64. The minimum Gasteiger partial charge on any atom is -0.299 e. The molecule has 1 aliphatic carbocycles. The molecule has 0 amide bonds. The number of unbranched alkanes of at least 4 members (excludes halogenated alkanes) is 2. The van der Waals surface area contributed by atoms with Gasteiger partial charge in [0.05, 0.1) is 5.92 Å². The van der Waals surface area contributed by atoms with Crippen molar-refractivity contribution in [1.82, 2.24) is 9.97 Å². The lowest BCUT2D eigenvalue weighted by Gasteiger charge is -2.23. The average molecular weight is 379 g/mol. The molecule has 2 unspecified atom stereocenters. The van der Waals surface area contributed by atoms with Gasteiger partial charge in [-0.2, -0.15) is 0 Å². The lowest BCUT2D eigenvalue weighted by atomic mass is 9.78. The van der Waals surface area contributed by atoms with E-state index in [-0.39, 0.29) is 11.6 Å². The number of carbonyl (C=O) groups is 2. The van der Waals surface area contributed by atoms with Crippen LogP contribution in [0.2, 0.25) is 0 Å². The Balaban J connectivity index is 1.59. The maximum absolute atomic E-state index is 12.5. The van der Waals surface area contributed by atoms with E-state index in [2.05, 4.69) is 23.8 Å². The van der Waals surface area contributed by atoms with Crippen LogP contribution in [0.1, 0.15) is 63.5 Å². The zero-order chi connectivity index (χ0) is 19.9. The van der Waals surface area contributed by atoms with Crippen LogP contribution >= 0.6 is 0 Å². The maximum atomic E-state index is 12.5. The van der Waals surface area contributed by atoms with E-state index in [0.717, 1.165) is 24.0 Å². The van der Waals surface area contributed by atoms with Crippen molar-refractivity contribution in [2.24, 2.45) is 11.8 Å². The Labute approximate surface area is 167 Å². The average Bonchev–Trinajstić information content (AvgIpc) is 2.69. The van der Waals surface area contributed by atoms with Crippen molar-refractivity contribution >= 4 is 11.6 Å². The first-order valence-electron chi connectivity index (χ1n) is 10.5. The molecule has 0 radical (unpaired) electrons. The minimum atomic E-state index is -0.403. The van der Waals surface area contributed by atoms with Gasteiger partial charge in [-0.15, -0.1) is 0 Å². The molecule has 1 fully saturated rings. The Morgan fingerprint density at radius 3 is 2.39 bits per heavy atom. The molecule has 2 aromatic rings. The highest BCUT2D eigenvalue weighted by molar-refractivity contribution is 6.03. The summed E-state index contributed by atoms with van der Waals surface area (Å²) in [4.78, 5) is 33.7. The zero-order valence-electron chi connectivity index (χ0n) is 17.0. The first-order chi connectivity index (χ1) is 13.6. The van der Waals surface area contributed by atoms with Gasteiger partial charge in [-0.3, -0.25) is 9.59 Å². The lowest BCUT2D eigenvalue weighted by molar-refractivity contribution is -0.134. The van der Waals surface area contributed by atoms with Crippen LogP contribution in [0.4, 0.5) is 0 Å². The number of hydrogen-bond acceptors (Lipinski definition) is 4. The number of nitrogens with zero attached hydrogens (tertiary/aromatic N) is 2. The Morgan fingerprint density at radius 1 is 1.04 bits per heavy atom. The fourth-order valence-corrected chi connectivity index (χ4v) is 3.85. The smallest absolute Gasteiger partial charge is 0.159 e. The number of carbonyl (C=O) groups excluding carboxylic acids is 2. The Bertz CT molecular complexity index is 796. The van der Waals surface area contributed by atoms with Gasteiger partial charge >= 0.3 is 0 Å². The molecule has 4 nitrogen and oxygen atoms in total. The van der Waals surface area contributed by atoms with Crippen LogP contribution in [0.3, 0.4) is 0 Å². The van der Waals surface area contributed by atoms with Gasteiger partial charge in [-0.1, -0.05) is 51.0 Å². The van der Waals surface area contributed by atoms with E-state index < -0.39 is 5.92 Å². The highest BCUT2D eigenvalue weighted by Gasteiger charge is 2.31. The molecule has 1 saturated carbocycles. The predicted molar refractivity (Wildman–Crippen MR) is 111 cm³/mol. The van der Waals surface area contributed by atoms with E-state index in [0.29, 0.717) is 31.0 Å². The third-order valence-electron chi connectivity index (χ3n) is 5.64. The molecule has 1 aromatic carbocycles. The first-order valence-corrected chi connectivity index (χ1v) is 10.5. The number of hydrogen-bond donors (Lipinski definition) is 0. The van der Waals surface area contributed by atoms with Crippen molar-refractivity contribution in [2.45, 2.75) is 65.2 Å². The van der Waals surface area contributed by atoms with Crippen molar-refractivity contribution in [3.63, 3.8) is 0 Å². The fourth-order valence-electron chi connectivity index (χ4n) is 3.85. The molecule has 0 aliphatic heterocycles. The molecular formula is C24H30N2O2. The highest BCUT2D eigenvalue weighted by atomic mass is 16.1. The van der Waals surface area contributed by atoms with Gasteiger partial charge in [0.1, 0.15) is 11.6 Å². The normalized spacial score (nSPS) is 19.6. The molecule has 3 rings (SSSR count). The molecule has 0 spiro atoms. The number of Topliss-reactive ketones (excluding diaryl/α,β-unsaturated/α-hetero) is 2. The van der Waals surface area contributed by atoms with Gasteiger partial charge in [0, 0.05) is 30.8 Å². The Kier molecular flexibility index (Phi) is 7.07. The minimum absolute atomic E-state index is 0.0531. The van der Waals surface area contributed by atoms with Crippen LogP contribution in [0.15, 0.2) is 36.7 Å². The third kappa shape index (κ3) is 5.34.